The van der Waals surface area contributed by atoms with Crippen LogP contribution in [0.15, 0.2) is 53.5 Å². The number of nitrogens with zero attached hydrogens (tertiary/aromatic N) is 2. The molecule has 0 saturated carbocycles. The summed E-state index contributed by atoms with van der Waals surface area (Å²) in [6.45, 7) is 2.27. The summed E-state index contributed by atoms with van der Waals surface area (Å²) in [5, 5.41) is 13.3. The smallest absolute Gasteiger partial charge is 0.238 e. The molecule has 3 rings (SSSR count). The lowest BCUT2D eigenvalue weighted by Crippen LogP contribution is -2.45. The van der Waals surface area contributed by atoms with Crippen LogP contribution in [-0.4, -0.2) is 46.8 Å². The minimum Gasteiger partial charge on any atom is -0.545 e. The number of amides is 2. The van der Waals surface area contributed by atoms with E-state index in [0.29, 0.717) is 28.8 Å². The van der Waals surface area contributed by atoms with Crippen LogP contribution in [0.4, 0.5) is 11.4 Å². The average Bonchev–Trinajstić information content (AvgIpc) is 2.74. The lowest BCUT2D eigenvalue weighted by atomic mass is 10.2. The number of hydrogen-bond donors (Lipinski definition) is 1. The molecule has 0 spiro atoms. The molecule has 2 amide bonds. The SMILES string of the molecule is CCN1C(=O)C[C@H](C(=O)Nc2ccc(C(=O)[O-])cc2)SC1=Nc1ccccc1OC. The highest BCUT2D eigenvalue weighted by Gasteiger charge is 2.35. The van der Waals surface area contributed by atoms with E-state index in [1.54, 1.807) is 12.1 Å². The molecule has 9 heteroatoms. The van der Waals surface area contributed by atoms with Crippen LogP contribution >= 0.6 is 11.8 Å². The van der Waals surface area contributed by atoms with Crippen molar-refractivity contribution in [1.82, 2.24) is 4.90 Å². The Morgan fingerprint density at radius 1 is 1.23 bits per heavy atom. The van der Waals surface area contributed by atoms with Gasteiger partial charge >= 0.3 is 0 Å². The summed E-state index contributed by atoms with van der Waals surface area (Å²) in [5.74, 6) is -1.29. The molecule has 1 aliphatic heterocycles. The van der Waals surface area contributed by atoms with Crippen LogP contribution in [0.3, 0.4) is 0 Å². The van der Waals surface area contributed by atoms with Crippen molar-refractivity contribution < 1.29 is 24.2 Å². The number of para-hydroxylation sites is 2. The third-order valence-corrected chi connectivity index (χ3v) is 5.63. The maximum absolute atomic E-state index is 12.7. The highest BCUT2D eigenvalue weighted by Crippen LogP contribution is 2.33. The van der Waals surface area contributed by atoms with Gasteiger partial charge in [-0.2, -0.15) is 0 Å². The van der Waals surface area contributed by atoms with Gasteiger partial charge in [0.1, 0.15) is 16.7 Å². The van der Waals surface area contributed by atoms with Crippen molar-refractivity contribution in [3.63, 3.8) is 0 Å². The van der Waals surface area contributed by atoms with Crippen molar-refractivity contribution in [2.24, 2.45) is 4.99 Å². The first-order chi connectivity index (χ1) is 14.4. The first-order valence-electron chi connectivity index (χ1n) is 9.24. The molecular formula is C21H20N3O5S-. The molecule has 1 N–H and O–H groups in total. The zero-order chi connectivity index (χ0) is 21.7. The first kappa shape index (κ1) is 21.4. The summed E-state index contributed by atoms with van der Waals surface area (Å²) in [7, 11) is 1.54. The van der Waals surface area contributed by atoms with Gasteiger partial charge in [-0.1, -0.05) is 36.0 Å². The van der Waals surface area contributed by atoms with Gasteiger partial charge < -0.3 is 20.0 Å². The second kappa shape index (κ2) is 9.45. The third kappa shape index (κ3) is 4.80. The van der Waals surface area contributed by atoms with Gasteiger partial charge in [-0.3, -0.25) is 14.5 Å². The van der Waals surface area contributed by atoms with Gasteiger partial charge in [0, 0.05) is 18.7 Å². The molecule has 1 aliphatic rings. The fourth-order valence-corrected chi connectivity index (χ4v) is 4.05. The van der Waals surface area contributed by atoms with Crippen LogP contribution in [0.5, 0.6) is 5.75 Å². The Balaban J connectivity index is 1.81. The van der Waals surface area contributed by atoms with Crippen LogP contribution < -0.4 is 15.2 Å². The van der Waals surface area contributed by atoms with Gasteiger partial charge in [-0.25, -0.2) is 4.99 Å². The van der Waals surface area contributed by atoms with E-state index in [4.69, 9.17) is 4.74 Å². The number of methoxy groups -OCH3 is 1. The van der Waals surface area contributed by atoms with Crippen LogP contribution in [-0.2, 0) is 9.59 Å². The Labute approximate surface area is 177 Å². The van der Waals surface area contributed by atoms with Crippen molar-refractivity contribution in [1.29, 1.82) is 0 Å². The number of carbonyl (C=O) groups is 3. The van der Waals surface area contributed by atoms with Gasteiger partial charge in [0.15, 0.2) is 5.17 Å². The van der Waals surface area contributed by atoms with Crippen LogP contribution in [0.2, 0.25) is 0 Å². The topological polar surface area (TPSA) is 111 Å². The van der Waals surface area contributed by atoms with Gasteiger partial charge in [0.25, 0.3) is 0 Å². The van der Waals surface area contributed by atoms with Crippen molar-refractivity contribution in [2.75, 3.05) is 19.0 Å². The van der Waals surface area contributed by atoms with Crippen molar-refractivity contribution >= 4 is 46.1 Å². The number of nitrogens with one attached hydrogen (secondary N) is 1. The summed E-state index contributed by atoms with van der Waals surface area (Å²) in [5.41, 5.74) is 1.01. The van der Waals surface area contributed by atoms with E-state index in [-0.39, 0.29) is 23.8 Å². The molecule has 2 aromatic carbocycles. The van der Waals surface area contributed by atoms with E-state index in [1.807, 2.05) is 19.1 Å². The van der Waals surface area contributed by atoms with Gasteiger partial charge in [-0.05, 0) is 36.8 Å². The molecule has 0 unspecified atom stereocenters. The lowest BCUT2D eigenvalue weighted by molar-refractivity contribution is -0.255. The molecule has 1 fully saturated rings. The Kier molecular flexibility index (Phi) is 6.73. The summed E-state index contributed by atoms with van der Waals surface area (Å²) < 4.78 is 5.32. The lowest BCUT2D eigenvalue weighted by Gasteiger charge is -2.31. The van der Waals surface area contributed by atoms with E-state index < -0.39 is 11.2 Å². The fourth-order valence-electron chi connectivity index (χ4n) is 2.89. The Bertz CT molecular complexity index is 990. The molecule has 156 valence electrons. The van der Waals surface area contributed by atoms with E-state index in [9.17, 15) is 19.5 Å². The number of ether oxygens (including phenoxy) is 1. The molecule has 0 radical (unpaired) electrons. The summed E-state index contributed by atoms with van der Waals surface area (Å²) in [6, 6.07) is 12.8. The van der Waals surface area contributed by atoms with Crippen LogP contribution in [0, 0.1) is 0 Å². The molecule has 0 bridgehead atoms. The average molecular weight is 426 g/mol. The van der Waals surface area contributed by atoms with Crippen LogP contribution in [0.25, 0.3) is 0 Å². The maximum atomic E-state index is 12.7. The monoisotopic (exact) mass is 426 g/mol. The fraction of sp³-hybridized carbons (Fsp3) is 0.238. The first-order valence-corrected chi connectivity index (χ1v) is 10.1. The Morgan fingerprint density at radius 3 is 2.57 bits per heavy atom. The minimum absolute atomic E-state index is 0.0139. The number of anilines is 1. The molecule has 2 aromatic rings. The number of benzene rings is 2. The van der Waals surface area contributed by atoms with Gasteiger partial charge in [-0.15, -0.1) is 0 Å². The Morgan fingerprint density at radius 2 is 1.93 bits per heavy atom. The number of aliphatic imine (C=N–C) groups is 1. The largest absolute Gasteiger partial charge is 0.545 e. The van der Waals surface area contributed by atoms with Gasteiger partial charge in [0.2, 0.25) is 11.8 Å². The number of aromatic carboxylic acids is 1. The van der Waals surface area contributed by atoms with E-state index >= 15 is 0 Å². The zero-order valence-electron chi connectivity index (χ0n) is 16.5. The van der Waals surface area contributed by atoms with E-state index in [0.717, 1.165) is 0 Å². The van der Waals surface area contributed by atoms with E-state index in [1.165, 1.54) is 48.0 Å². The molecule has 1 atom stereocenters. The number of thioether (sulfide) groups is 1. The van der Waals surface area contributed by atoms with Crippen molar-refractivity contribution in [2.45, 2.75) is 18.6 Å². The van der Waals surface area contributed by atoms with Gasteiger partial charge in [0.05, 0.1) is 13.1 Å². The Hall–Kier alpha value is -3.33. The number of amidine groups is 1. The molecule has 30 heavy (non-hydrogen) atoms. The molecule has 8 nitrogen and oxygen atoms in total. The van der Waals surface area contributed by atoms with Crippen LogP contribution in [0.1, 0.15) is 23.7 Å². The predicted molar refractivity (Wildman–Crippen MR) is 113 cm³/mol. The zero-order valence-corrected chi connectivity index (χ0v) is 17.3. The number of rotatable bonds is 6. The highest BCUT2D eigenvalue weighted by molar-refractivity contribution is 8.15. The maximum Gasteiger partial charge on any atom is 0.238 e. The molecule has 1 saturated heterocycles. The summed E-state index contributed by atoms with van der Waals surface area (Å²) in [6.07, 6.45) is 0.0341. The summed E-state index contributed by atoms with van der Waals surface area (Å²) >= 11 is 1.20. The van der Waals surface area contributed by atoms with Crippen molar-refractivity contribution in [3.8, 4) is 5.75 Å². The predicted octanol–water partition coefficient (Wildman–Crippen LogP) is 2.04. The molecular weight excluding hydrogens is 406 g/mol. The normalized spacial score (nSPS) is 17.7. The third-order valence-electron chi connectivity index (χ3n) is 4.44. The molecule has 0 aromatic heterocycles. The molecule has 0 aliphatic carbocycles. The molecule has 1 heterocycles. The summed E-state index contributed by atoms with van der Waals surface area (Å²) in [4.78, 5) is 42.3. The minimum atomic E-state index is -1.29. The number of carbonyl (C=O) groups excluding carboxylic acids is 3. The standard InChI is InChI=1S/C21H21N3O5S/c1-3-24-18(25)12-17(19(26)22-14-10-8-13(9-11-14)20(27)28)30-21(24)23-15-6-4-5-7-16(15)29-2/h4-11,17H,3,12H2,1-2H3,(H,22,26)(H,27,28)/p-1/t17-/m1/s1. The number of carboxylic acids is 1. The second-order valence-corrected chi connectivity index (χ2v) is 7.54. The quantitative estimate of drug-likeness (QED) is 0.757. The number of carboxylic acid groups (broad SMARTS) is 1. The second-order valence-electron chi connectivity index (χ2n) is 6.37. The highest BCUT2D eigenvalue weighted by atomic mass is 32.2. The van der Waals surface area contributed by atoms with Crippen molar-refractivity contribution in [3.05, 3.63) is 54.1 Å². The van der Waals surface area contributed by atoms with E-state index in [2.05, 4.69) is 10.3 Å². The number of hydrogen-bond acceptors (Lipinski definition) is 7.